The van der Waals surface area contributed by atoms with Gasteiger partial charge in [-0.25, -0.2) is 4.79 Å². The molecule has 0 unspecified atom stereocenters. The second-order valence-corrected chi connectivity index (χ2v) is 7.68. The molecule has 0 aliphatic carbocycles. The van der Waals surface area contributed by atoms with Gasteiger partial charge in [0.25, 0.3) is 0 Å². The van der Waals surface area contributed by atoms with E-state index < -0.39 is 28.9 Å². The largest absolute Gasteiger partial charge is 0.486 e. The van der Waals surface area contributed by atoms with Crippen molar-refractivity contribution in [2.24, 2.45) is 0 Å². The van der Waals surface area contributed by atoms with Gasteiger partial charge in [0, 0.05) is 6.07 Å². The molecule has 0 saturated heterocycles. The summed E-state index contributed by atoms with van der Waals surface area (Å²) in [4.78, 5) is 24.2. The first-order valence-electron chi connectivity index (χ1n) is 10.3. The van der Waals surface area contributed by atoms with E-state index in [1.807, 2.05) is 0 Å². The zero-order valence-corrected chi connectivity index (χ0v) is 17.8. The number of carboxylic acids is 1. The second kappa shape index (κ2) is 8.35. The van der Waals surface area contributed by atoms with E-state index in [0.29, 0.717) is 10.8 Å². The van der Waals surface area contributed by atoms with Gasteiger partial charge in [0.2, 0.25) is 16.9 Å². The van der Waals surface area contributed by atoms with E-state index in [2.05, 4.69) is 0 Å². The molecule has 0 saturated carbocycles. The SMILES string of the molecule is O=C(O)c1ccc(COc2ccc3c(=O)c(-c4cccc5ccccc45)c(C(F)(F)F)oc3c2)o1. The van der Waals surface area contributed by atoms with Gasteiger partial charge in [-0.15, -0.1) is 0 Å². The highest BCUT2D eigenvalue weighted by atomic mass is 19.4. The van der Waals surface area contributed by atoms with Gasteiger partial charge in [0.05, 0.1) is 10.9 Å². The maximum Gasteiger partial charge on any atom is 0.450 e. The van der Waals surface area contributed by atoms with Crippen LogP contribution in [-0.4, -0.2) is 11.1 Å². The molecule has 0 aliphatic heterocycles. The first-order valence-corrected chi connectivity index (χ1v) is 10.3. The Kier molecular flexibility index (Phi) is 5.32. The number of ether oxygens (including phenoxy) is 1. The number of benzene rings is 3. The van der Waals surface area contributed by atoms with Crippen LogP contribution in [0.4, 0.5) is 13.2 Å². The topological polar surface area (TPSA) is 89.9 Å². The van der Waals surface area contributed by atoms with E-state index in [0.717, 1.165) is 0 Å². The Bertz CT molecular complexity index is 1640. The van der Waals surface area contributed by atoms with Gasteiger partial charge >= 0.3 is 12.1 Å². The number of carboxylic acid groups (broad SMARTS) is 1. The van der Waals surface area contributed by atoms with Crippen molar-refractivity contribution >= 4 is 27.7 Å². The summed E-state index contributed by atoms with van der Waals surface area (Å²) < 4.78 is 58.0. The Morgan fingerprint density at radius 1 is 0.914 bits per heavy atom. The van der Waals surface area contributed by atoms with Crippen LogP contribution in [0.15, 0.2) is 86.4 Å². The lowest BCUT2D eigenvalue weighted by Crippen LogP contribution is -2.16. The number of fused-ring (bicyclic) bond motifs is 2. The molecule has 0 atom stereocenters. The van der Waals surface area contributed by atoms with Crippen LogP contribution in [0.5, 0.6) is 5.75 Å². The number of carbonyl (C=O) groups is 1. The maximum absolute atomic E-state index is 14.1. The molecule has 0 fully saturated rings. The minimum atomic E-state index is -4.93. The van der Waals surface area contributed by atoms with E-state index in [-0.39, 0.29) is 40.4 Å². The molecule has 176 valence electrons. The van der Waals surface area contributed by atoms with Crippen molar-refractivity contribution in [2.45, 2.75) is 12.8 Å². The summed E-state index contributed by atoms with van der Waals surface area (Å²) in [6.45, 7) is -0.177. The van der Waals surface area contributed by atoms with Gasteiger partial charge in [-0.3, -0.25) is 4.79 Å². The average Bonchev–Trinajstić information content (AvgIpc) is 3.31. The van der Waals surface area contributed by atoms with Gasteiger partial charge in [0.1, 0.15) is 23.7 Å². The molecule has 3 aromatic carbocycles. The molecule has 6 nitrogen and oxygen atoms in total. The maximum atomic E-state index is 14.1. The number of alkyl halides is 3. The molecule has 1 N–H and O–H groups in total. The molecular formula is C26H15F3O6. The highest BCUT2D eigenvalue weighted by Gasteiger charge is 2.39. The third-order valence-electron chi connectivity index (χ3n) is 5.43. The molecule has 0 bridgehead atoms. The predicted molar refractivity (Wildman–Crippen MR) is 120 cm³/mol. The first-order chi connectivity index (χ1) is 16.7. The molecular weight excluding hydrogens is 465 g/mol. The van der Waals surface area contributed by atoms with E-state index in [1.165, 1.54) is 36.4 Å². The van der Waals surface area contributed by atoms with Crippen molar-refractivity contribution in [3.63, 3.8) is 0 Å². The number of halogens is 3. The van der Waals surface area contributed by atoms with E-state index in [1.54, 1.807) is 36.4 Å². The van der Waals surface area contributed by atoms with Gasteiger partial charge in [-0.2, -0.15) is 13.2 Å². The molecule has 0 spiro atoms. The van der Waals surface area contributed by atoms with Crippen molar-refractivity contribution in [3.8, 4) is 16.9 Å². The van der Waals surface area contributed by atoms with Crippen LogP contribution >= 0.6 is 0 Å². The summed E-state index contributed by atoms with van der Waals surface area (Å²) in [5.41, 5.74) is -1.56. The third kappa shape index (κ3) is 4.12. The highest BCUT2D eigenvalue weighted by molar-refractivity contribution is 5.98. The summed E-state index contributed by atoms with van der Waals surface area (Å²) in [7, 11) is 0. The van der Waals surface area contributed by atoms with Crippen molar-refractivity contribution in [3.05, 3.63) is 100 Å². The van der Waals surface area contributed by atoms with Crippen LogP contribution in [-0.2, 0) is 12.8 Å². The summed E-state index contributed by atoms with van der Waals surface area (Å²) in [6.07, 6.45) is -4.93. The minimum Gasteiger partial charge on any atom is -0.486 e. The van der Waals surface area contributed by atoms with E-state index in [4.69, 9.17) is 18.7 Å². The lowest BCUT2D eigenvalue weighted by molar-refractivity contribution is -0.152. The van der Waals surface area contributed by atoms with Crippen LogP contribution < -0.4 is 10.2 Å². The molecule has 0 aliphatic rings. The summed E-state index contributed by atoms with van der Waals surface area (Å²) >= 11 is 0. The lowest BCUT2D eigenvalue weighted by Gasteiger charge is -2.15. The van der Waals surface area contributed by atoms with Gasteiger partial charge in [0.15, 0.2) is 0 Å². The number of hydrogen-bond acceptors (Lipinski definition) is 5. The van der Waals surface area contributed by atoms with Crippen molar-refractivity contribution in [2.75, 3.05) is 0 Å². The van der Waals surface area contributed by atoms with Gasteiger partial charge in [-0.1, -0.05) is 42.5 Å². The summed E-state index contributed by atoms with van der Waals surface area (Å²) in [6, 6.07) is 18.2. The predicted octanol–water partition coefficient (Wildman–Crippen LogP) is 6.50. The standard InChI is InChI=1S/C26H15F3O6/c27-26(28,29)24-22(18-7-3-5-14-4-1-2-6-17(14)18)23(30)19-10-8-15(12-21(19)35-24)33-13-16-9-11-20(34-16)25(31)32/h1-12H,13H2,(H,31,32). The molecule has 2 aromatic heterocycles. The van der Waals surface area contributed by atoms with Crippen LogP contribution in [0.2, 0.25) is 0 Å². The molecule has 9 heteroatoms. The molecule has 5 aromatic rings. The fraction of sp³-hybridized carbons (Fsp3) is 0.0769. The molecule has 35 heavy (non-hydrogen) atoms. The Labute approximate surface area is 194 Å². The number of rotatable bonds is 5. The van der Waals surface area contributed by atoms with Gasteiger partial charge in [-0.05, 0) is 40.6 Å². The van der Waals surface area contributed by atoms with Crippen molar-refractivity contribution < 1.29 is 36.6 Å². The van der Waals surface area contributed by atoms with Crippen LogP contribution in [0.1, 0.15) is 22.1 Å². The zero-order valence-electron chi connectivity index (χ0n) is 17.8. The Morgan fingerprint density at radius 3 is 2.43 bits per heavy atom. The van der Waals surface area contributed by atoms with Gasteiger partial charge < -0.3 is 18.7 Å². The molecule has 0 amide bonds. The van der Waals surface area contributed by atoms with Crippen molar-refractivity contribution in [1.29, 1.82) is 0 Å². The Balaban J connectivity index is 1.61. The monoisotopic (exact) mass is 480 g/mol. The smallest absolute Gasteiger partial charge is 0.450 e. The fourth-order valence-corrected chi connectivity index (χ4v) is 3.88. The Morgan fingerprint density at radius 2 is 1.69 bits per heavy atom. The quantitative estimate of drug-likeness (QED) is 0.309. The number of hydrogen-bond donors (Lipinski definition) is 1. The van der Waals surface area contributed by atoms with Crippen LogP contribution in [0.25, 0.3) is 32.9 Å². The summed E-state index contributed by atoms with van der Waals surface area (Å²) in [5, 5.41) is 10.0. The average molecular weight is 480 g/mol. The summed E-state index contributed by atoms with van der Waals surface area (Å²) in [5.74, 6) is -2.61. The van der Waals surface area contributed by atoms with E-state index >= 15 is 0 Å². The first kappa shape index (κ1) is 22.3. The molecule has 2 heterocycles. The van der Waals surface area contributed by atoms with E-state index in [9.17, 15) is 22.8 Å². The van der Waals surface area contributed by atoms with Crippen LogP contribution in [0.3, 0.4) is 0 Å². The number of aromatic carboxylic acids is 1. The molecule has 0 radical (unpaired) electrons. The number of furan rings is 1. The van der Waals surface area contributed by atoms with Crippen LogP contribution in [0, 0.1) is 0 Å². The third-order valence-corrected chi connectivity index (χ3v) is 5.43. The van der Waals surface area contributed by atoms with Crippen molar-refractivity contribution in [1.82, 2.24) is 0 Å². The molecule has 5 rings (SSSR count). The minimum absolute atomic E-state index is 0.0422. The second-order valence-electron chi connectivity index (χ2n) is 7.68. The zero-order chi connectivity index (χ0) is 24.7. The normalized spacial score (nSPS) is 11.7. The fourth-order valence-electron chi connectivity index (χ4n) is 3.88. The Hall–Kier alpha value is -4.53. The highest BCUT2D eigenvalue weighted by Crippen LogP contribution is 2.39. The lowest BCUT2D eigenvalue weighted by atomic mass is 9.96.